The molecule has 0 radical (unpaired) electrons. The summed E-state index contributed by atoms with van der Waals surface area (Å²) in [6, 6.07) is 25.9. The molecule has 0 atom stereocenters. The number of benzene rings is 3. The van der Waals surface area contributed by atoms with Gasteiger partial charge in [-0.2, -0.15) is 0 Å². The highest BCUT2D eigenvalue weighted by molar-refractivity contribution is 8.27. The number of amides is 1. The van der Waals surface area contributed by atoms with Gasteiger partial charge in [-0.3, -0.25) is 9.69 Å². The van der Waals surface area contributed by atoms with E-state index < -0.39 is 0 Å². The van der Waals surface area contributed by atoms with Crippen LogP contribution < -0.4 is 9.64 Å². The third kappa shape index (κ3) is 3.86. The van der Waals surface area contributed by atoms with Gasteiger partial charge in [0.15, 0.2) is 4.32 Å². The van der Waals surface area contributed by atoms with Gasteiger partial charge in [0.25, 0.3) is 5.91 Å². The number of ether oxygens (including phenoxy) is 1. The number of thioether (sulfide) groups is 1. The van der Waals surface area contributed by atoms with Crippen LogP contribution in [0.15, 0.2) is 90.3 Å². The minimum Gasteiger partial charge on any atom is -0.489 e. The van der Waals surface area contributed by atoms with Crippen molar-refractivity contribution in [2.75, 3.05) is 4.90 Å². The quantitative estimate of drug-likeness (QED) is 0.397. The Morgan fingerprint density at radius 3 is 2.32 bits per heavy atom. The lowest BCUT2D eigenvalue weighted by molar-refractivity contribution is -0.113. The molecule has 28 heavy (non-hydrogen) atoms. The van der Waals surface area contributed by atoms with Gasteiger partial charge in [-0.05, 0) is 47.0 Å². The van der Waals surface area contributed by atoms with E-state index in [9.17, 15) is 4.79 Å². The molecule has 0 unspecified atom stereocenters. The van der Waals surface area contributed by atoms with E-state index in [-0.39, 0.29) is 5.91 Å². The van der Waals surface area contributed by atoms with E-state index in [1.165, 1.54) is 22.2 Å². The van der Waals surface area contributed by atoms with Crippen molar-refractivity contribution in [1.82, 2.24) is 0 Å². The van der Waals surface area contributed by atoms with E-state index in [1.54, 1.807) is 0 Å². The maximum Gasteiger partial charge on any atom is 0.270 e. The van der Waals surface area contributed by atoms with Crippen molar-refractivity contribution in [2.24, 2.45) is 0 Å². The average molecular weight is 404 g/mol. The van der Waals surface area contributed by atoms with Gasteiger partial charge in [-0.25, -0.2) is 0 Å². The molecule has 0 spiro atoms. The van der Waals surface area contributed by atoms with Gasteiger partial charge in [0, 0.05) is 0 Å². The summed E-state index contributed by atoms with van der Waals surface area (Å²) in [6.07, 6.45) is 0. The highest BCUT2D eigenvalue weighted by Crippen LogP contribution is 2.34. The molecule has 3 aromatic carbocycles. The number of hydrogen-bond acceptors (Lipinski definition) is 4. The Balaban J connectivity index is 1.44. The zero-order valence-corrected chi connectivity index (χ0v) is 16.6. The first kappa shape index (κ1) is 18.5. The molecular weight excluding hydrogens is 386 g/mol. The summed E-state index contributed by atoms with van der Waals surface area (Å²) >= 11 is 6.48. The van der Waals surface area contributed by atoms with E-state index in [2.05, 4.69) is 30.8 Å². The van der Waals surface area contributed by atoms with Crippen LogP contribution in [0.2, 0.25) is 0 Å². The lowest BCUT2D eigenvalue weighted by Crippen LogP contribution is -2.27. The molecule has 0 aliphatic carbocycles. The normalized spacial score (nSPS) is 13.9. The molecule has 0 bridgehead atoms. The highest BCUT2D eigenvalue weighted by atomic mass is 32.2. The fraction of sp³-hybridized carbons (Fsp3) is 0.0435. The second-order valence-electron chi connectivity index (χ2n) is 6.28. The Bertz CT molecular complexity index is 1050. The number of hydrogen-bond donors (Lipinski definition) is 0. The van der Waals surface area contributed by atoms with Crippen LogP contribution in [0.4, 0.5) is 5.69 Å². The van der Waals surface area contributed by atoms with E-state index in [1.807, 2.05) is 54.6 Å². The molecule has 138 valence electrons. The van der Waals surface area contributed by atoms with Crippen molar-refractivity contribution in [3.63, 3.8) is 0 Å². The van der Waals surface area contributed by atoms with Crippen LogP contribution in [0, 0.1) is 0 Å². The second kappa shape index (κ2) is 8.00. The van der Waals surface area contributed by atoms with Crippen LogP contribution in [0.25, 0.3) is 11.1 Å². The van der Waals surface area contributed by atoms with Crippen LogP contribution in [-0.2, 0) is 11.4 Å². The predicted octanol–water partition coefficient (Wildman–Crippen LogP) is 5.81. The number of carbonyl (C=O) groups is 1. The van der Waals surface area contributed by atoms with Crippen LogP contribution in [0.1, 0.15) is 5.56 Å². The highest BCUT2D eigenvalue weighted by Gasteiger charge is 2.31. The molecule has 4 rings (SSSR count). The second-order valence-corrected chi connectivity index (χ2v) is 8.01. The van der Waals surface area contributed by atoms with Crippen LogP contribution in [0.5, 0.6) is 5.75 Å². The monoisotopic (exact) mass is 403 g/mol. The molecule has 1 amide bonds. The van der Waals surface area contributed by atoms with Gasteiger partial charge in [-0.15, -0.1) is 0 Å². The van der Waals surface area contributed by atoms with Crippen molar-refractivity contribution in [2.45, 2.75) is 6.61 Å². The van der Waals surface area contributed by atoms with Crippen molar-refractivity contribution in [3.8, 4) is 16.9 Å². The smallest absolute Gasteiger partial charge is 0.270 e. The summed E-state index contributed by atoms with van der Waals surface area (Å²) < 4.78 is 6.42. The van der Waals surface area contributed by atoms with Gasteiger partial charge >= 0.3 is 0 Å². The van der Waals surface area contributed by atoms with Crippen molar-refractivity contribution < 1.29 is 9.53 Å². The molecule has 1 heterocycles. The SMILES string of the molecule is C=C1SC(=S)N(c2ccc(OCc3cccc(-c4ccccc4)c3)cc2)C1=O. The van der Waals surface area contributed by atoms with Gasteiger partial charge in [0.2, 0.25) is 0 Å². The minimum atomic E-state index is -0.165. The lowest BCUT2D eigenvalue weighted by Gasteiger charge is -2.15. The Morgan fingerprint density at radius 2 is 1.64 bits per heavy atom. The summed E-state index contributed by atoms with van der Waals surface area (Å²) in [7, 11) is 0. The molecule has 1 aliphatic rings. The molecule has 3 nitrogen and oxygen atoms in total. The Morgan fingerprint density at radius 1 is 0.929 bits per heavy atom. The molecule has 1 aliphatic heterocycles. The first-order chi connectivity index (χ1) is 13.6. The third-order valence-electron chi connectivity index (χ3n) is 4.37. The Labute approximate surface area is 173 Å². The molecular formula is C23H17NO2S2. The number of nitrogens with zero attached hydrogens (tertiary/aromatic N) is 1. The van der Waals surface area contributed by atoms with Gasteiger partial charge in [-0.1, -0.05) is 79.1 Å². The average Bonchev–Trinajstić information content (AvgIpc) is 2.99. The van der Waals surface area contributed by atoms with Crippen molar-refractivity contribution >= 4 is 39.9 Å². The van der Waals surface area contributed by atoms with Gasteiger partial charge in [0.05, 0.1) is 10.6 Å². The minimum absolute atomic E-state index is 0.165. The molecule has 3 aromatic rings. The molecule has 1 saturated heterocycles. The fourth-order valence-corrected chi connectivity index (χ4v) is 4.11. The molecule has 0 aromatic heterocycles. The van der Waals surface area contributed by atoms with E-state index in [0.717, 1.165) is 22.6 Å². The van der Waals surface area contributed by atoms with E-state index in [0.29, 0.717) is 15.8 Å². The van der Waals surface area contributed by atoms with Crippen LogP contribution in [-0.4, -0.2) is 10.2 Å². The largest absolute Gasteiger partial charge is 0.489 e. The number of thiocarbonyl (C=S) groups is 1. The van der Waals surface area contributed by atoms with Crippen LogP contribution >= 0.6 is 24.0 Å². The maximum absolute atomic E-state index is 12.1. The third-order valence-corrected chi connectivity index (χ3v) is 5.58. The predicted molar refractivity (Wildman–Crippen MR) is 119 cm³/mol. The topological polar surface area (TPSA) is 29.5 Å². The van der Waals surface area contributed by atoms with Crippen molar-refractivity contribution in [1.29, 1.82) is 0 Å². The van der Waals surface area contributed by atoms with Gasteiger partial charge < -0.3 is 4.74 Å². The fourth-order valence-electron chi connectivity index (χ4n) is 2.95. The molecule has 0 N–H and O–H groups in total. The molecule has 1 fully saturated rings. The zero-order chi connectivity index (χ0) is 19.5. The summed E-state index contributed by atoms with van der Waals surface area (Å²) in [6.45, 7) is 4.20. The summed E-state index contributed by atoms with van der Waals surface area (Å²) in [4.78, 5) is 14.1. The molecule has 0 saturated carbocycles. The van der Waals surface area contributed by atoms with Crippen LogP contribution in [0.3, 0.4) is 0 Å². The number of carbonyl (C=O) groups excluding carboxylic acids is 1. The number of anilines is 1. The first-order valence-corrected chi connectivity index (χ1v) is 9.97. The number of rotatable bonds is 5. The standard InChI is InChI=1S/C23H17NO2S2/c1-16-22(25)24(23(27)28-16)20-10-12-21(13-11-20)26-15-17-6-5-9-19(14-17)18-7-3-2-4-8-18/h2-14H,1,15H2. The summed E-state index contributed by atoms with van der Waals surface area (Å²) in [5, 5.41) is 0. The maximum atomic E-state index is 12.1. The molecule has 5 heteroatoms. The zero-order valence-electron chi connectivity index (χ0n) is 15.0. The van der Waals surface area contributed by atoms with E-state index in [4.69, 9.17) is 17.0 Å². The Kier molecular flexibility index (Phi) is 5.28. The first-order valence-electron chi connectivity index (χ1n) is 8.74. The van der Waals surface area contributed by atoms with Gasteiger partial charge in [0.1, 0.15) is 12.4 Å². The lowest BCUT2D eigenvalue weighted by atomic mass is 10.0. The van der Waals surface area contributed by atoms with Crippen molar-refractivity contribution in [3.05, 3.63) is 95.9 Å². The summed E-state index contributed by atoms with van der Waals surface area (Å²) in [5.74, 6) is 0.569. The summed E-state index contributed by atoms with van der Waals surface area (Å²) in [5.41, 5.74) is 4.16. The Hall–Kier alpha value is -2.89. The van der Waals surface area contributed by atoms with E-state index >= 15 is 0 Å².